The fourth-order valence-corrected chi connectivity index (χ4v) is 1.99. The highest BCUT2D eigenvalue weighted by atomic mass is 35.5. The van der Waals surface area contributed by atoms with Crippen molar-refractivity contribution in [2.24, 2.45) is 5.14 Å². The highest BCUT2D eigenvalue weighted by Crippen LogP contribution is 2.31. The summed E-state index contributed by atoms with van der Waals surface area (Å²) in [5, 5.41) is 15.5. The average molecular weight is 325 g/mol. The van der Waals surface area contributed by atoms with Gasteiger partial charge in [-0.2, -0.15) is 0 Å². The predicted octanol–water partition coefficient (Wildman–Crippen LogP) is 1.90. The van der Waals surface area contributed by atoms with E-state index in [2.05, 4.69) is 0 Å². The zero-order valence-corrected chi connectivity index (χ0v) is 11.7. The number of hydrogen-bond donors (Lipinski definition) is 1. The Labute approximate surface area is 119 Å². The van der Waals surface area contributed by atoms with Crippen LogP contribution in [0.25, 0.3) is 0 Å². The molecule has 1 aromatic carbocycles. The van der Waals surface area contributed by atoms with Crippen molar-refractivity contribution in [3.8, 4) is 5.75 Å². The summed E-state index contributed by atoms with van der Waals surface area (Å²) in [6, 6.07) is 1.18. The van der Waals surface area contributed by atoms with Crippen molar-refractivity contribution < 1.29 is 22.5 Å². The van der Waals surface area contributed by atoms with E-state index in [9.17, 15) is 22.9 Å². The number of rotatable bonds is 5. The first-order valence-corrected chi connectivity index (χ1v) is 7.04. The second-order valence-corrected chi connectivity index (χ2v) is 5.55. The van der Waals surface area contributed by atoms with Gasteiger partial charge in [-0.15, -0.1) is 0 Å². The minimum Gasteiger partial charge on any atom is -0.485 e. The van der Waals surface area contributed by atoms with E-state index >= 15 is 0 Å². The first-order chi connectivity index (χ1) is 9.16. The van der Waals surface area contributed by atoms with Gasteiger partial charge in [-0.05, 0) is 12.5 Å². The molecule has 0 aliphatic heterocycles. The van der Waals surface area contributed by atoms with Crippen molar-refractivity contribution in [3.05, 3.63) is 39.2 Å². The Hall–Kier alpha value is -1.71. The number of ether oxygens (including phenoxy) is 1. The molecule has 0 spiro atoms. The van der Waals surface area contributed by atoms with Gasteiger partial charge in [0.1, 0.15) is 11.5 Å². The molecule has 0 bridgehead atoms. The zero-order valence-electron chi connectivity index (χ0n) is 10.2. The number of non-ortho nitro benzene ring substituents is 1. The predicted molar refractivity (Wildman–Crippen MR) is 69.5 cm³/mol. The molecule has 0 amide bonds. The minimum absolute atomic E-state index is 0.194. The Morgan fingerprint density at radius 3 is 2.65 bits per heavy atom. The van der Waals surface area contributed by atoms with E-state index in [0.717, 1.165) is 0 Å². The molecule has 0 fully saturated rings. The van der Waals surface area contributed by atoms with Crippen LogP contribution in [0.4, 0.5) is 10.1 Å². The van der Waals surface area contributed by atoms with E-state index in [1.54, 1.807) is 6.92 Å². The van der Waals surface area contributed by atoms with Crippen LogP contribution in [0.3, 0.4) is 0 Å². The molecule has 0 radical (unpaired) electrons. The molecule has 0 unspecified atom stereocenters. The van der Waals surface area contributed by atoms with Gasteiger partial charge in [0.25, 0.3) is 5.69 Å². The Morgan fingerprint density at radius 2 is 2.20 bits per heavy atom. The lowest BCUT2D eigenvalue weighted by Gasteiger charge is -2.11. The fraction of sp³-hybridized carbons (Fsp3) is 0.200. The summed E-state index contributed by atoms with van der Waals surface area (Å²) >= 11 is 5.39. The van der Waals surface area contributed by atoms with Gasteiger partial charge in [0, 0.05) is 11.6 Å². The number of hydrogen-bond acceptors (Lipinski definition) is 5. The molecule has 1 rings (SSSR count). The van der Waals surface area contributed by atoms with Crippen molar-refractivity contribution in [3.63, 3.8) is 0 Å². The summed E-state index contributed by atoms with van der Waals surface area (Å²) in [6.45, 7) is 1.37. The van der Waals surface area contributed by atoms with Gasteiger partial charge < -0.3 is 4.74 Å². The summed E-state index contributed by atoms with van der Waals surface area (Å²) in [5.74, 6) is -1.89. The van der Waals surface area contributed by atoms with Gasteiger partial charge in [0.15, 0.2) is 11.6 Å². The second kappa shape index (κ2) is 6.16. The summed E-state index contributed by atoms with van der Waals surface area (Å²) in [4.78, 5) is 8.85. The third-order valence-electron chi connectivity index (χ3n) is 2.14. The molecule has 0 heterocycles. The molecular formula is C10H10ClFN2O5S. The van der Waals surface area contributed by atoms with Gasteiger partial charge in [0.05, 0.1) is 11.0 Å². The van der Waals surface area contributed by atoms with Crippen LogP contribution in [0.5, 0.6) is 5.75 Å². The average Bonchev–Trinajstić information content (AvgIpc) is 2.34. The number of nitrogens with two attached hydrogens (primary N) is 1. The van der Waals surface area contributed by atoms with Crippen LogP contribution >= 0.6 is 11.6 Å². The third kappa shape index (κ3) is 3.89. The lowest BCUT2D eigenvalue weighted by atomic mass is 10.3. The molecule has 0 saturated carbocycles. The molecule has 0 aromatic heterocycles. The summed E-state index contributed by atoms with van der Waals surface area (Å²) in [7, 11) is -4.39. The van der Waals surface area contributed by atoms with E-state index in [0.29, 0.717) is 17.7 Å². The van der Waals surface area contributed by atoms with Crippen LogP contribution in [0.1, 0.15) is 6.92 Å². The van der Waals surface area contributed by atoms with Crippen LogP contribution in [-0.2, 0) is 10.0 Å². The minimum atomic E-state index is -4.39. The molecule has 2 N–H and O–H groups in total. The zero-order chi connectivity index (χ0) is 15.5. The fourth-order valence-electron chi connectivity index (χ4n) is 1.23. The summed E-state index contributed by atoms with van der Waals surface area (Å²) in [6.07, 6.45) is 0. The number of halogens is 2. The quantitative estimate of drug-likeness (QED) is 0.656. The molecular weight excluding hydrogens is 315 g/mol. The van der Waals surface area contributed by atoms with Crippen LogP contribution in [0.15, 0.2) is 28.1 Å². The number of sulfonamides is 1. The smallest absolute Gasteiger partial charge is 0.274 e. The number of nitro benzene ring substituents is 1. The number of benzene rings is 1. The monoisotopic (exact) mass is 324 g/mol. The Kier molecular flexibility index (Phi) is 5.03. The molecule has 20 heavy (non-hydrogen) atoms. The molecule has 0 aliphatic rings. The Balaban J connectivity index is 3.39. The van der Waals surface area contributed by atoms with Crippen LogP contribution in [0.2, 0.25) is 0 Å². The first-order valence-electron chi connectivity index (χ1n) is 5.06. The van der Waals surface area contributed by atoms with Crippen molar-refractivity contribution in [2.75, 3.05) is 6.61 Å². The number of nitrogens with zero attached hydrogens (tertiary/aromatic N) is 1. The molecule has 1 aromatic rings. The van der Waals surface area contributed by atoms with Crippen molar-refractivity contribution >= 4 is 27.3 Å². The molecule has 0 saturated heterocycles. The van der Waals surface area contributed by atoms with Gasteiger partial charge >= 0.3 is 0 Å². The lowest BCUT2D eigenvalue weighted by molar-refractivity contribution is -0.385. The third-order valence-corrected chi connectivity index (χ3v) is 3.43. The molecule has 0 aliphatic carbocycles. The van der Waals surface area contributed by atoms with Gasteiger partial charge in [-0.3, -0.25) is 10.1 Å². The lowest BCUT2D eigenvalue weighted by Crippen LogP contribution is -2.16. The SMILES string of the molecule is CC(=CCl)COc1c(F)cc([N+](=O)[O-])cc1S(N)(=O)=O. The number of primary sulfonamides is 1. The van der Waals surface area contributed by atoms with Crippen LogP contribution in [-0.4, -0.2) is 19.9 Å². The number of nitro groups is 1. The second-order valence-electron chi connectivity index (χ2n) is 3.80. The maximum atomic E-state index is 13.8. The molecule has 0 atom stereocenters. The van der Waals surface area contributed by atoms with Crippen LogP contribution < -0.4 is 9.88 Å². The maximum Gasteiger partial charge on any atom is 0.274 e. The molecule has 110 valence electrons. The normalized spacial score (nSPS) is 12.3. The van der Waals surface area contributed by atoms with Gasteiger partial charge in [-0.25, -0.2) is 17.9 Å². The molecule has 10 heteroatoms. The largest absolute Gasteiger partial charge is 0.485 e. The van der Waals surface area contributed by atoms with E-state index in [1.165, 1.54) is 5.54 Å². The highest BCUT2D eigenvalue weighted by Gasteiger charge is 2.24. The van der Waals surface area contributed by atoms with Crippen LogP contribution in [0, 0.1) is 15.9 Å². The van der Waals surface area contributed by atoms with E-state index < -0.39 is 37.1 Å². The summed E-state index contributed by atoms with van der Waals surface area (Å²) < 4.78 is 41.5. The van der Waals surface area contributed by atoms with Crippen molar-refractivity contribution in [1.29, 1.82) is 0 Å². The Morgan fingerprint density at radius 1 is 1.60 bits per heavy atom. The van der Waals surface area contributed by atoms with Crippen molar-refractivity contribution in [2.45, 2.75) is 11.8 Å². The topological polar surface area (TPSA) is 113 Å². The standard InChI is InChI=1S/C10H10ClFN2O5S/c1-6(4-11)5-19-10-8(12)2-7(14(15)16)3-9(10)20(13,17)18/h2-4H,5H2,1H3,(H2,13,17,18). The Bertz CT molecular complexity index is 674. The first kappa shape index (κ1) is 16.3. The van der Waals surface area contributed by atoms with E-state index in [1.807, 2.05) is 0 Å². The van der Waals surface area contributed by atoms with Crippen molar-refractivity contribution in [1.82, 2.24) is 0 Å². The maximum absolute atomic E-state index is 13.8. The molecule has 7 nitrogen and oxygen atoms in total. The van der Waals surface area contributed by atoms with Gasteiger partial charge in [0.2, 0.25) is 10.0 Å². The van der Waals surface area contributed by atoms with Gasteiger partial charge in [-0.1, -0.05) is 11.6 Å². The summed E-state index contributed by atoms with van der Waals surface area (Å²) in [5.41, 5.74) is 0.910. The highest BCUT2D eigenvalue weighted by molar-refractivity contribution is 7.89. The van der Waals surface area contributed by atoms with E-state index in [-0.39, 0.29) is 6.61 Å². The van der Waals surface area contributed by atoms with E-state index in [4.69, 9.17) is 21.5 Å².